The minimum absolute atomic E-state index is 0.0316. The first-order valence-electron chi connectivity index (χ1n) is 7.83. The molecule has 7 heteroatoms. The Morgan fingerprint density at radius 1 is 1.04 bits per heavy atom. The fraction of sp³-hybridized carbons (Fsp3) is 0. The van der Waals surface area contributed by atoms with Crippen LogP contribution in [0.1, 0.15) is 0 Å². The van der Waals surface area contributed by atoms with Gasteiger partial charge in [0, 0.05) is 29.7 Å². The number of aromatic amines is 1. The van der Waals surface area contributed by atoms with Crippen molar-refractivity contribution in [2.24, 2.45) is 0 Å². The first-order valence-corrected chi connectivity index (χ1v) is 7.83. The number of hydrogen-bond acceptors (Lipinski definition) is 5. The average Bonchev–Trinajstić information content (AvgIpc) is 3.10. The van der Waals surface area contributed by atoms with Crippen molar-refractivity contribution in [3.63, 3.8) is 0 Å². The number of nitrogens with two attached hydrogens (primary N) is 1. The van der Waals surface area contributed by atoms with E-state index in [1.54, 1.807) is 30.6 Å². The second kappa shape index (κ2) is 6.29. The van der Waals surface area contributed by atoms with Crippen molar-refractivity contribution in [3.05, 3.63) is 66.9 Å². The first kappa shape index (κ1) is 15.8. The van der Waals surface area contributed by atoms with Crippen molar-refractivity contribution in [2.75, 3.05) is 5.73 Å². The molecule has 3 aromatic heterocycles. The molecule has 128 valence electrons. The molecule has 0 aliphatic heterocycles. The lowest BCUT2D eigenvalue weighted by Crippen LogP contribution is -1.92. The van der Waals surface area contributed by atoms with E-state index >= 15 is 0 Å². The van der Waals surface area contributed by atoms with Crippen LogP contribution in [0.15, 0.2) is 61.1 Å². The summed E-state index contributed by atoms with van der Waals surface area (Å²) in [7, 11) is 0. The highest BCUT2D eigenvalue weighted by Gasteiger charge is 2.18. The fourth-order valence-electron chi connectivity index (χ4n) is 2.68. The quantitative estimate of drug-likeness (QED) is 0.525. The van der Waals surface area contributed by atoms with Gasteiger partial charge in [-0.2, -0.15) is 0 Å². The Kier molecular flexibility index (Phi) is 3.81. The average molecular weight is 347 g/mol. The second-order valence-electron chi connectivity index (χ2n) is 5.65. The molecule has 4 N–H and O–H groups in total. The minimum Gasteiger partial charge on any atom is -0.504 e. The smallest absolute Gasteiger partial charge is 0.165 e. The van der Waals surface area contributed by atoms with Crippen LogP contribution in [0, 0.1) is 5.82 Å². The number of halogens is 1. The molecule has 26 heavy (non-hydrogen) atoms. The largest absolute Gasteiger partial charge is 0.504 e. The molecule has 6 nitrogen and oxygen atoms in total. The third-order valence-electron chi connectivity index (χ3n) is 3.97. The number of benzene rings is 1. The predicted octanol–water partition coefficient (Wildman–Crippen LogP) is 3.63. The molecular weight excluding hydrogens is 333 g/mol. The number of hydrogen-bond donors (Lipinski definition) is 3. The zero-order valence-electron chi connectivity index (χ0n) is 13.5. The van der Waals surface area contributed by atoms with Crippen molar-refractivity contribution in [2.45, 2.75) is 0 Å². The van der Waals surface area contributed by atoms with Crippen LogP contribution >= 0.6 is 0 Å². The van der Waals surface area contributed by atoms with E-state index in [0.717, 1.165) is 5.56 Å². The monoisotopic (exact) mass is 347 g/mol. The summed E-state index contributed by atoms with van der Waals surface area (Å²) in [4.78, 5) is 15.7. The number of nitrogen functional groups attached to an aromatic ring is 1. The number of rotatable bonds is 3. The van der Waals surface area contributed by atoms with E-state index < -0.39 is 0 Å². The Balaban J connectivity index is 1.94. The van der Waals surface area contributed by atoms with Crippen molar-refractivity contribution >= 4 is 5.82 Å². The van der Waals surface area contributed by atoms with Gasteiger partial charge in [0.15, 0.2) is 11.6 Å². The summed E-state index contributed by atoms with van der Waals surface area (Å²) in [5, 5.41) is 9.90. The van der Waals surface area contributed by atoms with E-state index in [1.807, 2.05) is 12.1 Å². The Hall–Kier alpha value is -3.74. The van der Waals surface area contributed by atoms with E-state index in [9.17, 15) is 9.50 Å². The van der Waals surface area contributed by atoms with Gasteiger partial charge in [-0.1, -0.05) is 12.1 Å². The van der Waals surface area contributed by atoms with Gasteiger partial charge in [-0.15, -0.1) is 0 Å². The molecule has 0 fully saturated rings. The molecule has 0 spiro atoms. The SMILES string of the molecule is Nc1ncc(-c2nc(-c3ccccc3F)[nH]c2-c2ccncc2)cc1O. The van der Waals surface area contributed by atoms with Crippen LogP contribution in [0.3, 0.4) is 0 Å². The lowest BCUT2D eigenvalue weighted by atomic mass is 10.1. The summed E-state index contributed by atoms with van der Waals surface area (Å²) in [5.41, 5.74) is 8.50. The van der Waals surface area contributed by atoms with E-state index in [2.05, 4.69) is 19.9 Å². The summed E-state index contributed by atoms with van der Waals surface area (Å²) in [6.45, 7) is 0. The number of aromatic nitrogens is 4. The van der Waals surface area contributed by atoms with Crippen molar-refractivity contribution in [1.82, 2.24) is 19.9 Å². The van der Waals surface area contributed by atoms with Gasteiger partial charge in [0.1, 0.15) is 11.6 Å². The van der Waals surface area contributed by atoms with Gasteiger partial charge in [0.25, 0.3) is 0 Å². The molecule has 0 saturated heterocycles. The van der Waals surface area contributed by atoms with Gasteiger partial charge in [0.2, 0.25) is 0 Å². The number of nitrogens with one attached hydrogen (secondary N) is 1. The lowest BCUT2D eigenvalue weighted by Gasteiger charge is -2.04. The predicted molar refractivity (Wildman–Crippen MR) is 96.5 cm³/mol. The molecular formula is C19H14FN5O. The number of pyridine rings is 2. The van der Waals surface area contributed by atoms with Gasteiger partial charge in [-0.3, -0.25) is 4.98 Å². The Morgan fingerprint density at radius 2 is 1.81 bits per heavy atom. The highest BCUT2D eigenvalue weighted by Crippen LogP contribution is 2.35. The van der Waals surface area contributed by atoms with Crippen LogP contribution in [0.25, 0.3) is 33.9 Å². The summed E-state index contributed by atoms with van der Waals surface area (Å²) < 4.78 is 14.2. The summed E-state index contributed by atoms with van der Waals surface area (Å²) in [6, 6.07) is 11.5. The molecule has 0 bridgehead atoms. The highest BCUT2D eigenvalue weighted by molar-refractivity contribution is 5.81. The van der Waals surface area contributed by atoms with Crippen LogP contribution in [-0.2, 0) is 0 Å². The number of aromatic hydroxyl groups is 1. The maximum absolute atomic E-state index is 14.2. The maximum Gasteiger partial charge on any atom is 0.165 e. The van der Waals surface area contributed by atoms with Crippen LogP contribution in [0.5, 0.6) is 5.75 Å². The molecule has 0 aliphatic rings. The normalized spacial score (nSPS) is 10.8. The summed E-state index contributed by atoms with van der Waals surface area (Å²) in [6.07, 6.45) is 4.82. The molecule has 4 aromatic rings. The lowest BCUT2D eigenvalue weighted by molar-refractivity contribution is 0.476. The van der Waals surface area contributed by atoms with Crippen molar-refractivity contribution < 1.29 is 9.50 Å². The maximum atomic E-state index is 14.2. The van der Waals surface area contributed by atoms with Gasteiger partial charge in [0.05, 0.1) is 17.0 Å². The molecule has 4 rings (SSSR count). The molecule has 0 unspecified atom stereocenters. The Bertz CT molecular complexity index is 1080. The third kappa shape index (κ3) is 2.75. The molecule has 0 radical (unpaired) electrons. The van der Waals surface area contributed by atoms with E-state index in [-0.39, 0.29) is 17.4 Å². The molecule has 1 aromatic carbocycles. The topological polar surface area (TPSA) is 101 Å². The molecule has 0 saturated carbocycles. The molecule has 0 aliphatic carbocycles. The van der Waals surface area contributed by atoms with Crippen LogP contribution in [-0.4, -0.2) is 25.0 Å². The number of anilines is 1. The number of nitrogens with zero attached hydrogens (tertiary/aromatic N) is 3. The van der Waals surface area contributed by atoms with E-state index in [1.165, 1.54) is 18.3 Å². The van der Waals surface area contributed by atoms with Crippen molar-refractivity contribution in [1.29, 1.82) is 0 Å². The van der Waals surface area contributed by atoms with Crippen LogP contribution in [0.2, 0.25) is 0 Å². The van der Waals surface area contributed by atoms with Crippen LogP contribution in [0.4, 0.5) is 10.2 Å². The third-order valence-corrected chi connectivity index (χ3v) is 3.97. The number of imidazole rings is 1. The van der Waals surface area contributed by atoms with Crippen LogP contribution < -0.4 is 5.73 Å². The Morgan fingerprint density at radius 3 is 2.54 bits per heavy atom. The van der Waals surface area contributed by atoms with E-state index in [0.29, 0.717) is 28.3 Å². The standard InChI is InChI=1S/C19H14FN5O/c20-14-4-2-1-3-13(14)19-24-16(11-5-7-22-8-6-11)17(25-19)12-9-15(26)18(21)23-10-12/h1-10,26H,(H2,21,23)(H,24,25). The fourth-order valence-corrected chi connectivity index (χ4v) is 2.68. The first-order chi connectivity index (χ1) is 12.6. The molecule has 3 heterocycles. The second-order valence-corrected chi connectivity index (χ2v) is 5.65. The van der Waals surface area contributed by atoms with Gasteiger partial charge in [-0.25, -0.2) is 14.4 Å². The van der Waals surface area contributed by atoms with E-state index in [4.69, 9.17) is 5.73 Å². The summed E-state index contributed by atoms with van der Waals surface area (Å²) >= 11 is 0. The number of H-pyrrole nitrogens is 1. The van der Waals surface area contributed by atoms with Gasteiger partial charge in [-0.05, 0) is 30.3 Å². The van der Waals surface area contributed by atoms with Gasteiger partial charge < -0.3 is 15.8 Å². The van der Waals surface area contributed by atoms with Crippen molar-refractivity contribution in [3.8, 4) is 39.7 Å². The molecule has 0 amide bonds. The summed E-state index contributed by atoms with van der Waals surface area (Å²) in [5.74, 6) is -0.115. The highest BCUT2D eigenvalue weighted by atomic mass is 19.1. The molecule has 0 atom stereocenters. The zero-order valence-corrected chi connectivity index (χ0v) is 13.5. The Labute approximate surface area is 148 Å². The van der Waals surface area contributed by atoms with Gasteiger partial charge >= 0.3 is 0 Å². The minimum atomic E-state index is -0.382. The zero-order chi connectivity index (χ0) is 18.1.